The lowest BCUT2D eigenvalue weighted by molar-refractivity contribution is -0.0420. The second kappa shape index (κ2) is 6.54. The third kappa shape index (κ3) is 3.15. The zero-order valence-electron chi connectivity index (χ0n) is 12.4. The van der Waals surface area contributed by atoms with E-state index in [2.05, 4.69) is 10.2 Å². The summed E-state index contributed by atoms with van der Waals surface area (Å²) in [5.74, 6) is 1.01. The van der Waals surface area contributed by atoms with Crippen molar-refractivity contribution in [2.45, 2.75) is 18.6 Å². The van der Waals surface area contributed by atoms with Crippen LogP contribution in [0.15, 0.2) is 22.6 Å². The molecule has 23 heavy (non-hydrogen) atoms. The highest BCUT2D eigenvalue weighted by Gasteiger charge is 2.42. The molecule has 1 aliphatic rings. The Morgan fingerprint density at radius 3 is 3.00 bits per heavy atom. The summed E-state index contributed by atoms with van der Waals surface area (Å²) in [6.07, 6.45) is 0.652. The molecule has 1 fully saturated rings. The molecule has 1 unspecified atom stereocenters. The molecular formula is C15H14ClN3O4. The molecule has 0 amide bonds. The van der Waals surface area contributed by atoms with Crippen molar-refractivity contribution in [2.24, 2.45) is 0 Å². The number of nitriles is 1. The van der Waals surface area contributed by atoms with Gasteiger partial charge in [-0.2, -0.15) is 5.26 Å². The minimum Gasteiger partial charge on any atom is -0.482 e. The molecule has 8 heteroatoms. The number of methoxy groups -OCH3 is 1. The van der Waals surface area contributed by atoms with Crippen molar-refractivity contribution in [3.05, 3.63) is 40.6 Å². The Balaban J connectivity index is 1.73. The molecular weight excluding hydrogens is 322 g/mol. The van der Waals surface area contributed by atoms with Crippen LogP contribution in [0.5, 0.6) is 5.75 Å². The summed E-state index contributed by atoms with van der Waals surface area (Å²) in [4.78, 5) is 0. The van der Waals surface area contributed by atoms with Crippen LogP contribution in [-0.4, -0.2) is 30.5 Å². The lowest BCUT2D eigenvalue weighted by atomic mass is 10.0. The van der Waals surface area contributed by atoms with Crippen LogP contribution >= 0.6 is 11.6 Å². The predicted molar refractivity (Wildman–Crippen MR) is 78.9 cm³/mol. The quantitative estimate of drug-likeness (QED) is 0.828. The van der Waals surface area contributed by atoms with Crippen LogP contribution in [-0.2, 0) is 21.7 Å². The monoisotopic (exact) mass is 335 g/mol. The highest BCUT2D eigenvalue weighted by atomic mass is 35.5. The van der Waals surface area contributed by atoms with Crippen molar-refractivity contribution in [2.75, 3.05) is 20.3 Å². The smallest absolute Gasteiger partial charge is 0.254 e. The van der Waals surface area contributed by atoms with Gasteiger partial charge in [0, 0.05) is 24.6 Å². The largest absolute Gasteiger partial charge is 0.482 e. The topological polar surface area (TPSA) is 90.4 Å². The van der Waals surface area contributed by atoms with Crippen LogP contribution in [0.1, 0.15) is 23.8 Å². The fraction of sp³-hybridized carbons (Fsp3) is 0.400. The number of ether oxygens (including phenoxy) is 3. The first kappa shape index (κ1) is 15.7. The Hall–Kier alpha value is -2.14. The number of halogens is 1. The Labute approximate surface area is 137 Å². The van der Waals surface area contributed by atoms with E-state index in [1.165, 1.54) is 0 Å². The number of hydrogen-bond donors (Lipinski definition) is 0. The van der Waals surface area contributed by atoms with E-state index in [4.69, 9.17) is 35.5 Å². The lowest BCUT2D eigenvalue weighted by Gasteiger charge is -2.20. The van der Waals surface area contributed by atoms with Crippen LogP contribution in [0.25, 0.3) is 0 Å². The van der Waals surface area contributed by atoms with Crippen molar-refractivity contribution >= 4 is 11.6 Å². The van der Waals surface area contributed by atoms with E-state index in [9.17, 15) is 0 Å². The minimum atomic E-state index is -0.695. The number of rotatable bonds is 5. The Kier molecular flexibility index (Phi) is 4.48. The van der Waals surface area contributed by atoms with Crippen molar-refractivity contribution < 1.29 is 18.6 Å². The van der Waals surface area contributed by atoms with Gasteiger partial charge in [-0.3, -0.25) is 0 Å². The molecule has 0 bridgehead atoms. The van der Waals surface area contributed by atoms with Crippen LogP contribution in [0.3, 0.4) is 0 Å². The van der Waals surface area contributed by atoms with Gasteiger partial charge in [0.05, 0.1) is 18.8 Å². The Morgan fingerprint density at radius 1 is 1.43 bits per heavy atom. The summed E-state index contributed by atoms with van der Waals surface area (Å²) in [7, 11) is 1.58. The molecule has 0 radical (unpaired) electrons. The van der Waals surface area contributed by atoms with Gasteiger partial charge >= 0.3 is 0 Å². The number of hydrogen-bond acceptors (Lipinski definition) is 7. The molecule has 0 N–H and O–H groups in total. The fourth-order valence-corrected chi connectivity index (χ4v) is 2.47. The minimum absolute atomic E-state index is 0.0304. The van der Waals surface area contributed by atoms with Gasteiger partial charge < -0.3 is 18.6 Å². The summed E-state index contributed by atoms with van der Waals surface area (Å²) in [6, 6.07) is 6.82. The Morgan fingerprint density at radius 2 is 2.30 bits per heavy atom. The first-order valence-electron chi connectivity index (χ1n) is 6.95. The molecule has 7 nitrogen and oxygen atoms in total. The maximum absolute atomic E-state index is 9.07. The molecule has 1 saturated heterocycles. The highest BCUT2D eigenvalue weighted by molar-refractivity contribution is 6.30. The van der Waals surface area contributed by atoms with E-state index in [1.807, 2.05) is 6.07 Å². The van der Waals surface area contributed by atoms with E-state index >= 15 is 0 Å². The summed E-state index contributed by atoms with van der Waals surface area (Å²) in [5, 5.41) is 17.5. The average molecular weight is 336 g/mol. The van der Waals surface area contributed by atoms with Crippen molar-refractivity contribution in [1.82, 2.24) is 10.2 Å². The van der Waals surface area contributed by atoms with Crippen LogP contribution in [0.4, 0.5) is 0 Å². The predicted octanol–water partition coefficient (Wildman–Crippen LogP) is 2.44. The van der Waals surface area contributed by atoms with Crippen LogP contribution in [0.2, 0.25) is 5.02 Å². The van der Waals surface area contributed by atoms with Crippen molar-refractivity contribution in [1.29, 1.82) is 5.26 Å². The molecule has 0 saturated carbocycles. The second-order valence-electron chi connectivity index (χ2n) is 5.04. The average Bonchev–Trinajstić information content (AvgIpc) is 3.23. The van der Waals surface area contributed by atoms with Gasteiger partial charge in [-0.1, -0.05) is 11.6 Å². The van der Waals surface area contributed by atoms with E-state index < -0.39 is 5.60 Å². The lowest BCUT2D eigenvalue weighted by Crippen LogP contribution is -2.29. The summed E-state index contributed by atoms with van der Waals surface area (Å²) >= 11 is 5.91. The van der Waals surface area contributed by atoms with Gasteiger partial charge in [0.1, 0.15) is 11.8 Å². The molecule has 1 atom stereocenters. The second-order valence-corrected chi connectivity index (χ2v) is 5.48. The molecule has 2 aromatic rings. The van der Waals surface area contributed by atoms with Crippen LogP contribution < -0.4 is 4.74 Å². The maximum atomic E-state index is 9.07. The third-order valence-electron chi connectivity index (χ3n) is 3.65. The van der Waals surface area contributed by atoms with Gasteiger partial charge in [0.2, 0.25) is 0 Å². The van der Waals surface area contributed by atoms with Gasteiger partial charge in [0.25, 0.3) is 11.8 Å². The zero-order valence-corrected chi connectivity index (χ0v) is 13.2. The van der Waals surface area contributed by atoms with Gasteiger partial charge in [-0.25, -0.2) is 0 Å². The fourth-order valence-electron chi connectivity index (χ4n) is 2.31. The van der Waals surface area contributed by atoms with Crippen LogP contribution in [0, 0.1) is 11.3 Å². The summed E-state index contributed by atoms with van der Waals surface area (Å²) in [6.45, 7) is 0.984. The first-order chi connectivity index (χ1) is 11.2. The number of nitrogens with zero attached hydrogens (tertiary/aromatic N) is 3. The maximum Gasteiger partial charge on any atom is 0.254 e. The molecule has 1 aliphatic heterocycles. The van der Waals surface area contributed by atoms with Gasteiger partial charge in [-0.15, -0.1) is 10.2 Å². The van der Waals surface area contributed by atoms with E-state index in [0.717, 1.165) is 0 Å². The van der Waals surface area contributed by atoms with E-state index in [0.29, 0.717) is 41.9 Å². The van der Waals surface area contributed by atoms with E-state index in [1.54, 1.807) is 25.3 Å². The number of benzene rings is 1. The summed E-state index contributed by atoms with van der Waals surface area (Å²) in [5.41, 5.74) is -0.314. The van der Waals surface area contributed by atoms with Gasteiger partial charge in [0.15, 0.2) is 12.2 Å². The SMILES string of the molecule is COC1(c2nnc(COc3cc(Cl)ccc3C#N)o2)CCOC1. The van der Waals surface area contributed by atoms with Crippen molar-refractivity contribution in [3.8, 4) is 11.8 Å². The van der Waals surface area contributed by atoms with Gasteiger partial charge in [-0.05, 0) is 12.1 Å². The Bertz CT molecular complexity index is 735. The highest BCUT2D eigenvalue weighted by Crippen LogP contribution is 2.33. The summed E-state index contributed by atoms with van der Waals surface area (Å²) < 4.78 is 22.0. The molecule has 2 heterocycles. The van der Waals surface area contributed by atoms with Crippen molar-refractivity contribution in [3.63, 3.8) is 0 Å². The van der Waals surface area contributed by atoms with E-state index in [-0.39, 0.29) is 12.5 Å². The molecule has 1 aromatic heterocycles. The molecule has 120 valence electrons. The molecule has 0 spiro atoms. The normalized spacial score (nSPS) is 20.4. The molecule has 0 aliphatic carbocycles. The third-order valence-corrected chi connectivity index (χ3v) is 3.88. The molecule has 3 rings (SSSR count). The number of aromatic nitrogens is 2. The zero-order chi connectivity index (χ0) is 16.3. The molecule has 1 aromatic carbocycles. The standard InChI is InChI=1S/C15H14ClN3O4/c1-20-15(4-5-21-9-15)14-19-18-13(23-14)8-22-12-6-11(16)3-2-10(12)7-17/h2-3,6H,4-5,8-9H2,1H3. The first-order valence-corrected chi connectivity index (χ1v) is 7.33.